The average molecular weight is 515 g/mol. The summed E-state index contributed by atoms with van der Waals surface area (Å²) >= 11 is 5.89. The molecule has 0 aromatic heterocycles. The minimum atomic E-state index is -0.382. The van der Waals surface area contributed by atoms with Gasteiger partial charge in [0.05, 0.1) is 0 Å². The molecule has 0 bridgehead atoms. The number of hydrogen-bond donors (Lipinski definition) is 3. The van der Waals surface area contributed by atoms with Gasteiger partial charge >= 0.3 is 12.1 Å². The third-order valence-electron chi connectivity index (χ3n) is 5.40. The average Bonchev–Trinajstić information content (AvgIpc) is 2.90. The number of urea groups is 2. The van der Waals surface area contributed by atoms with Crippen molar-refractivity contribution < 1.29 is 14.3 Å². The number of carbonyl (C=O) groups is 2. The molecule has 0 spiro atoms. The predicted molar refractivity (Wildman–Crippen MR) is 149 cm³/mol. The van der Waals surface area contributed by atoms with Crippen molar-refractivity contribution in [3.8, 4) is 11.5 Å². The van der Waals surface area contributed by atoms with Gasteiger partial charge in [-0.15, -0.1) is 0 Å². The minimum absolute atomic E-state index is 0.225. The summed E-state index contributed by atoms with van der Waals surface area (Å²) in [5, 5.41) is 9.04. The van der Waals surface area contributed by atoms with Gasteiger partial charge in [-0.05, 0) is 79.7 Å². The summed E-state index contributed by atoms with van der Waals surface area (Å²) in [6, 6.07) is 30.3. The highest BCUT2D eigenvalue weighted by Gasteiger charge is 2.17. The Kier molecular flexibility index (Phi) is 8.62. The van der Waals surface area contributed by atoms with Crippen LogP contribution in [0.1, 0.15) is 5.56 Å². The van der Waals surface area contributed by atoms with Gasteiger partial charge in [0.15, 0.2) is 0 Å². The highest BCUT2D eigenvalue weighted by molar-refractivity contribution is 6.30. The van der Waals surface area contributed by atoms with Crippen LogP contribution in [-0.2, 0) is 0 Å². The Hall–Kier alpha value is -4.49. The first-order valence-electron chi connectivity index (χ1n) is 11.7. The molecule has 0 aliphatic rings. The van der Waals surface area contributed by atoms with Crippen LogP contribution in [0.2, 0.25) is 5.02 Å². The molecule has 0 aliphatic heterocycles. The van der Waals surface area contributed by atoms with Crippen LogP contribution in [-0.4, -0.2) is 25.2 Å². The van der Waals surface area contributed by atoms with Crippen molar-refractivity contribution in [2.24, 2.45) is 0 Å². The van der Waals surface area contributed by atoms with Crippen LogP contribution in [0.4, 0.5) is 26.7 Å². The van der Waals surface area contributed by atoms with Crippen molar-refractivity contribution in [3.63, 3.8) is 0 Å². The number of para-hydroxylation sites is 1. The molecule has 0 heterocycles. The number of anilines is 3. The van der Waals surface area contributed by atoms with Crippen molar-refractivity contribution >= 4 is 40.7 Å². The minimum Gasteiger partial charge on any atom is -0.457 e. The van der Waals surface area contributed by atoms with Crippen molar-refractivity contribution in [2.45, 2.75) is 6.92 Å². The zero-order valence-electron chi connectivity index (χ0n) is 20.3. The number of nitrogens with zero attached hydrogens (tertiary/aromatic N) is 1. The molecule has 0 aliphatic carbocycles. The molecular formula is C29H27ClN4O3. The molecule has 3 N–H and O–H groups in total. The maximum atomic E-state index is 13.2. The number of aryl methyl sites for hydroxylation is 1. The quantitative estimate of drug-likeness (QED) is 0.231. The first-order valence-corrected chi connectivity index (χ1v) is 12.1. The van der Waals surface area contributed by atoms with E-state index in [1.54, 1.807) is 53.4 Å². The monoisotopic (exact) mass is 514 g/mol. The van der Waals surface area contributed by atoms with E-state index in [1.165, 1.54) is 0 Å². The number of benzene rings is 4. The molecule has 0 saturated carbocycles. The van der Waals surface area contributed by atoms with Crippen molar-refractivity contribution in [1.82, 2.24) is 5.32 Å². The van der Waals surface area contributed by atoms with Gasteiger partial charge in [-0.2, -0.15) is 0 Å². The van der Waals surface area contributed by atoms with Gasteiger partial charge in [-0.1, -0.05) is 47.5 Å². The van der Waals surface area contributed by atoms with E-state index in [2.05, 4.69) is 16.0 Å². The second-order valence-electron chi connectivity index (χ2n) is 8.24. The first-order chi connectivity index (χ1) is 18.0. The van der Waals surface area contributed by atoms with Gasteiger partial charge in [-0.3, -0.25) is 4.90 Å². The maximum absolute atomic E-state index is 13.2. The number of nitrogens with one attached hydrogen (secondary N) is 3. The molecule has 0 radical (unpaired) electrons. The summed E-state index contributed by atoms with van der Waals surface area (Å²) in [4.78, 5) is 27.1. The highest BCUT2D eigenvalue weighted by atomic mass is 35.5. The molecule has 0 atom stereocenters. The number of rotatable bonds is 8. The smallest absolute Gasteiger partial charge is 0.326 e. The molecule has 4 rings (SSSR count). The molecule has 37 heavy (non-hydrogen) atoms. The van der Waals surface area contributed by atoms with Gasteiger partial charge in [0.1, 0.15) is 11.5 Å². The highest BCUT2D eigenvalue weighted by Crippen LogP contribution is 2.25. The van der Waals surface area contributed by atoms with E-state index in [4.69, 9.17) is 16.3 Å². The third-order valence-corrected chi connectivity index (χ3v) is 5.65. The summed E-state index contributed by atoms with van der Waals surface area (Å²) in [5.74, 6) is 1.37. The van der Waals surface area contributed by atoms with Crippen molar-refractivity contribution in [3.05, 3.63) is 114 Å². The lowest BCUT2D eigenvalue weighted by molar-refractivity contribution is 0.250. The molecule has 0 saturated heterocycles. The number of carbonyl (C=O) groups excluding carboxylic acids is 2. The second-order valence-corrected chi connectivity index (χ2v) is 8.68. The van der Waals surface area contributed by atoms with E-state index in [9.17, 15) is 9.59 Å². The van der Waals surface area contributed by atoms with Gasteiger partial charge in [0.2, 0.25) is 0 Å². The van der Waals surface area contributed by atoms with Gasteiger partial charge in [0, 0.05) is 35.2 Å². The summed E-state index contributed by atoms with van der Waals surface area (Å²) < 4.78 is 5.86. The van der Waals surface area contributed by atoms with Crippen LogP contribution in [0.3, 0.4) is 0 Å². The number of halogens is 1. The molecule has 4 aromatic carbocycles. The van der Waals surface area contributed by atoms with E-state index in [0.717, 1.165) is 11.3 Å². The van der Waals surface area contributed by atoms with Gasteiger partial charge in [0.25, 0.3) is 0 Å². The Labute approximate surface area is 221 Å². The van der Waals surface area contributed by atoms with Crippen LogP contribution in [0.5, 0.6) is 11.5 Å². The fraction of sp³-hybridized carbons (Fsp3) is 0.103. The molecule has 4 amide bonds. The normalized spacial score (nSPS) is 10.3. The Bertz CT molecular complexity index is 1310. The predicted octanol–water partition coefficient (Wildman–Crippen LogP) is 7.30. The maximum Gasteiger partial charge on any atom is 0.326 e. The zero-order chi connectivity index (χ0) is 26.0. The SMILES string of the molecule is Cc1ccc(NC(=O)N(CCNC(=O)Nc2ccc(Cl)cc2)c2ccc(Oc3ccccc3)cc2)cc1. The summed E-state index contributed by atoms with van der Waals surface area (Å²) in [6.07, 6.45) is 0. The summed E-state index contributed by atoms with van der Waals surface area (Å²) in [7, 11) is 0. The van der Waals surface area contributed by atoms with E-state index in [1.807, 2.05) is 61.5 Å². The van der Waals surface area contributed by atoms with Crippen LogP contribution in [0.25, 0.3) is 0 Å². The van der Waals surface area contributed by atoms with Crippen LogP contribution < -0.4 is 25.6 Å². The fourth-order valence-electron chi connectivity index (χ4n) is 3.48. The van der Waals surface area contributed by atoms with Crippen LogP contribution in [0.15, 0.2) is 103 Å². The molecule has 0 fully saturated rings. The molecule has 4 aromatic rings. The molecule has 0 unspecified atom stereocenters. The Morgan fingerprint density at radius 2 is 1.35 bits per heavy atom. The summed E-state index contributed by atoms with van der Waals surface area (Å²) in [6.45, 7) is 2.45. The van der Waals surface area contributed by atoms with E-state index < -0.39 is 0 Å². The Morgan fingerprint density at radius 1 is 0.757 bits per heavy atom. The number of amides is 4. The largest absolute Gasteiger partial charge is 0.457 e. The lowest BCUT2D eigenvalue weighted by Crippen LogP contribution is -2.42. The van der Waals surface area contributed by atoms with Crippen LogP contribution in [0, 0.1) is 6.92 Å². The summed E-state index contributed by atoms with van der Waals surface area (Å²) in [5.41, 5.74) is 3.05. The molecule has 8 heteroatoms. The molecular weight excluding hydrogens is 488 g/mol. The van der Waals surface area contributed by atoms with E-state index in [0.29, 0.717) is 27.8 Å². The zero-order valence-corrected chi connectivity index (χ0v) is 21.0. The second kappa shape index (κ2) is 12.5. The van der Waals surface area contributed by atoms with Gasteiger partial charge in [-0.25, -0.2) is 9.59 Å². The third kappa shape index (κ3) is 7.75. The number of hydrogen-bond acceptors (Lipinski definition) is 3. The standard InChI is InChI=1S/C29H27ClN4O3/c1-21-7-11-24(12-8-21)33-29(36)34(20-19-31-28(35)32-23-13-9-22(30)10-14-23)25-15-17-27(18-16-25)37-26-5-3-2-4-6-26/h2-18H,19-20H2,1H3,(H,33,36)(H2,31,32,35). The first kappa shape index (κ1) is 25.6. The Morgan fingerprint density at radius 3 is 2.03 bits per heavy atom. The topological polar surface area (TPSA) is 82.7 Å². The lowest BCUT2D eigenvalue weighted by atomic mass is 10.2. The Balaban J connectivity index is 1.42. The molecule has 188 valence electrons. The number of ether oxygens (including phenoxy) is 1. The van der Waals surface area contributed by atoms with Crippen molar-refractivity contribution in [1.29, 1.82) is 0 Å². The van der Waals surface area contributed by atoms with Crippen LogP contribution >= 0.6 is 11.6 Å². The lowest BCUT2D eigenvalue weighted by Gasteiger charge is -2.24. The van der Waals surface area contributed by atoms with E-state index in [-0.39, 0.29) is 25.2 Å². The molecule has 7 nitrogen and oxygen atoms in total. The van der Waals surface area contributed by atoms with Crippen molar-refractivity contribution in [2.75, 3.05) is 28.6 Å². The van der Waals surface area contributed by atoms with E-state index >= 15 is 0 Å². The fourth-order valence-corrected chi connectivity index (χ4v) is 3.61. The van der Waals surface area contributed by atoms with Gasteiger partial charge < -0.3 is 20.7 Å².